The van der Waals surface area contributed by atoms with Crippen molar-refractivity contribution >= 4 is 11.8 Å². The lowest BCUT2D eigenvalue weighted by molar-refractivity contribution is -0.134. The Morgan fingerprint density at radius 1 is 1.33 bits per heavy atom. The number of hydrogen-bond acceptors (Lipinski definition) is 4. The lowest BCUT2D eigenvalue weighted by atomic mass is 9.93. The molecule has 2 heterocycles. The van der Waals surface area contributed by atoms with Gasteiger partial charge in [-0.3, -0.25) is 9.59 Å². The lowest BCUT2D eigenvalue weighted by Gasteiger charge is -2.33. The molecule has 2 fully saturated rings. The predicted molar refractivity (Wildman–Crippen MR) is 65.5 cm³/mol. The largest absolute Gasteiger partial charge is 0.392 e. The van der Waals surface area contributed by atoms with Crippen molar-refractivity contribution in [2.45, 2.75) is 37.8 Å². The van der Waals surface area contributed by atoms with Gasteiger partial charge in [-0.2, -0.15) is 0 Å². The van der Waals surface area contributed by atoms with E-state index < -0.39 is 6.10 Å². The van der Waals surface area contributed by atoms with Crippen LogP contribution in [0.1, 0.15) is 25.7 Å². The fourth-order valence-corrected chi connectivity index (χ4v) is 2.77. The minimum atomic E-state index is -0.411. The first kappa shape index (κ1) is 13.3. The highest BCUT2D eigenvalue weighted by atomic mass is 16.3. The number of nitrogens with two attached hydrogens (primary N) is 1. The molecule has 2 atom stereocenters. The summed E-state index contributed by atoms with van der Waals surface area (Å²) in [5.41, 5.74) is 5.18. The maximum absolute atomic E-state index is 12.1. The average molecular weight is 255 g/mol. The first-order chi connectivity index (χ1) is 8.56. The van der Waals surface area contributed by atoms with Crippen LogP contribution in [0.4, 0.5) is 0 Å². The van der Waals surface area contributed by atoms with Crippen molar-refractivity contribution < 1.29 is 14.7 Å². The molecule has 0 aliphatic carbocycles. The van der Waals surface area contributed by atoms with Crippen LogP contribution in [0.25, 0.3) is 0 Å². The first-order valence-electron chi connectivity index (χ1n) is 6.55. The molecule has 0 spiro atoms. The Balaban J connectivity index is 1.79. The molecule has 2 rings (SSSR count). The Hall–Kier alpha value is -1.14. The summed E-state index contributed by atoms with van der Waals surface area (Å²) < 4.78 is 0. The van der Waals surface area contributed by atoms with Gasteiger partial charge >= 0.3 is 0 Å². The van der Waals surface area contributed by atoms with E-state index in [1.54, 1.807) is 0 Å². The standard InChI is InChI=1S/C12H21N3O3/c13-11(17)5-8-1-3-15(4-2-8)12(18)10-6-9(16)7-14-10/h8-10,14,16H,1-7H2,(H2,13,17). The molecule has 18 heavy (non-hydrogen) atoms. The van der Waals surface area contributed by atoms with Gasteiger partial charge in [0.15, 0.2) is 0 Å². The van der Waals surface area contributed by atoms with Crippen molar-refractivity contribution in [2.24, 2.45) is 11.7 Å². The fraction of sp³-hybridized carbons (Fsp3) is 0.833. The van der Waals surface area contributed by atoms with Gasteiger partial charge < -0.3 is 21.1 Å². The summed E-state index contributed by atoms with van der Waals surface area (Å²) in [7, 11) is 0. The van der Waals surface area contributed by atoms with E-state index in [9.17, 15) is 14.7 Å². The molecule has 0 aromatic heterocycles. The maximum Gasteiger partial charge on any atom is 0.239 e. The summed E-state index contributed by atoms with van der Waals surface area (Å²) in [6.07, 6.45) is 2.18. The van der Waals surface area contributed by atoms with Gasteiger partial charge in [-0.1, -0.05) is 0 Å². The van der Waals surface area contributed by atoms with Gasteiger partial charge in [0, 0.05) is 26.1 Å². The molecule has 2 aliphatic rings. The first-order valence-corrected chi connectivity index (χ1v) is 6.55. The predicted octanol–water partition coefficient (Wildman–Crippen LogP) is -1.18. The van der Waals surface area contributed by atoms with Crippen LogP contribution in [0.2, 0.25) is 0 Å². The van der Waals surface area contributed by atoms with Gasteiger partial charge in [0.05, 0.1) is 12.1 Å². The molecule has 2 saturated heterocycles. The van der Waals surface area contributed by atoms with Gasteiger partial charge in [0.1, 0.15) is 0 Å². The number of β-amino-alcohol motifs (C(OH)–C–C–N with tert-alkyl or cyclic N) is 1. The Labute approximate surface area is 107 Å². The number of carbonyl (C=O) groups excluding carboxylic acids is 2. The number of primary amides is 1. The van der Waals surface area contributed by atoms with Crippen LogP contribution in [0.5, 0.6) is 0 Å². The highest BCUT2D eigenvalue weighted by molar-refractivity contribution is 5.82. The summed E-state index contributed by atoms with van der Waals surface area (Å²) in [5.74, 6) is 0.123. The molecule has 2 amide bonds. The minimum absolute atomic E-state index is 0.0732. The smallest absolute Gasteiger partial charge is 0.239 e. The molecular formula is C12H21N3O3. The molecule has 6 nitrogen and oxygen atoms in total. The van der Waals surface area contributed by atoms with Gasteiger partial charge in [-0.25, -0.2) is 0 Å². The van der Waals surface area contributed by atoms with Crippen LogP contribution >= 0.6 is 0 Å². The number of rotatable bonds is 3. The molecule has 2 unspecified atom stereocenters. The van der Waals surface area contributed by atoms with Crippen molar-refractivity contribution in [3.05, 3.63) is 0 Å². The number of carbonyl (C=O) groups is 2. The minimum Gasteiger partial charge on any atom is -0.392 e. The molecule has 0 bridgehead atoms. The second-order valence-corrected chi connectivity index (χ2v) is 5.29. The van der Waals surface area contributed by atoms with E-state index in [0.29, 0.717) is 38.4 Å². The van der Waals surface area contributed by atoms with E-state index in [4.69, 9.17) is 5.73 Å². The van der Waals surface area contributed by atoms with Gasteiger partial charge in [-0.15, -0.1) is 0 Å². The van der Waals surface area contributed by atoms with E-state index in [1.807, 2.05) is 4.90 Å². The molecule has 102 valence electrons. The summed E-state index contributed by atoms with van der Waals surface area (Å²) in [6.45, 7) is 1.87. The zero-order chi connectivity index (χ0) is 13.1. The van der Waals surface area contributed by atoms with Crippen molar-refractivity contribution in [1.82, 2.24) is 10.2 Å². The van der Waals surface area contributed by atoms with E-state index in [-0.39, 0.29) is 17.9 Å². The molecule has 6 heteroatoms. The third kappa shape index (κ3) is 3.20. The topological polar surface area (TPSA) is 95.7 Å². The molecular weight excluding hydrogens is 234 g/mol. The number of nitrogens with one attached hydrogen (secondary N) is 1. The Morgan fingerprint density at radius 2 is 2.00 bits per heavy atom. The number of nitrogens with zero attached hydrogens (tertiary/aromatic N) is 1. The van der Waals surface area contributed by atoms with Crippen LogP contribution < -0.4 is 11.1 Å². The van der Waals surface area contributed by atoms with E-state index in [0.717, 1.165) is 12.8 Å². The van der Waals surface area contributed by atoms with E-state index in [2.05, 4.69) is 5.32 Å². The number of aliphatic hydroxyl groups excluding tert-OH is 1. The fourth-order valence-electron chi connectivity index (χ4n) is 2.77. The highest BCUT2D eigenvalue weighted by Gasteiger charge is 2.33. The summed E-state index contributed by atoms with van der Waals surface area (Å²) in [5, 5.41) is 12.4. The van der Waals surface area contributed by atoms with E-state index >= 15 is 0 Å². The second kappa shape index (κ2) is 5.67. The van der Waals surface area contributed by atoms with Crippen LogP contribution in [-0.2, 0) is 9.59 Å². The van der Waals surface area contributed by atoms with Crippen molar-refractivity contribution in [1.29, 1.82) is 0 Å². The highest BCUT2D eigenvalue weighted by Crippen LogP contribution is 2.21. The van der Waals surface area contributed by atoms with Crippen molar-refractivity contribution in [2.75, 3.05) is 19.6 Å². The summed E-state index contributed by atoms with van der Waals surface area (Å²) in [6, 6.07) is -0.243. The third-order valence-electron chi connectivity index (χ3n) is 3.82. The summed E-state index contributed by atoms with van der Waals surface area (Å²) >= 11 is 0. The number of likely N-dealkylation sites (tertiary alicyclic amines) is 1. The SMILES string of the molecule is NC(=O)CC1CCN(C(=O)C2CC(O)CN2)CC1. The van der Waals surface area contributed by atoms with Crippen molar-refractivity contribution in [3.8, 4) is 0 Å². The molecule has 0 aromatic rings. The van der Waals surface area contributed by atoms with Crippen LogP contribution in [0.15, 0.2) is 0 Å². The number of aliphatic hydroxyl groups is 1. The number of amides is 2. The number of hydrogen-bond donors (Lipinski definition) is 3. The van der Waals surface area contributed by atoms with Gasteiger partial charge in [-0.05, 0) is 25.2 Å². The van der Waals surface area contributed by atoms with Crippen LogP contribution in [-0.4, -0.2) is 53.6 Å². The van der Waals surface area contributed by atoms with E-state index in [1.165, 1.54) is 0 Å². The molecule has 2 aliphatic heterocycles. The molecule has 0 aromatic carbocycles. The Kier molecular flexibility index (Phi) is 4.19. The lowest BCUT2D eigenvalue weighted by Crippen LogP contribution is -2.47. The normalized spacial score (nSPS) is 29.5. The van der Waals surface area contributed by atoms with Crippen LogP contribution in [0, 0.1) is 5.92 Å². The zero-order valence-corrected chi connectivity index (χ0v) is 10.5. The molecule has 4 N–H and O–H groups in total. The van der Waals surface area contributed by atoms with Gasteiger partial charge in [0.25, 0.3) is 0 Å². The zero-order valence-electron chi connectivity index (χ0n) is 10.5. The summed E-state index contributed by atoms with van der Waals surface area (Å²) in [4.78, 5) is 24.8. The monoisotopic (exact) mass is 255 g/mol. The molecule has 0 saturated carbocycles. The number of piperidine rings is 1. The average Bonchev–Trinajstić information content (AvgIpc) is 2.75. The van der Waals surface area contributed by atoms with Crippen LogP contribution in [0.3, 0.4) is 0 Å². The van der Waals surface area contributed by atoms with Crippen molar-refractivity contribution in [3.63, 3.8) is 0 Å². The van der Waals surface area contributed by atoms with Gasteiger partial charge in [0.2, 0.25) is 11.8 Å². The second-order valence-electron chi connectivity index (χ2n) is 5.29. The Bertz CT molecular complexity index is 327. The third-order valence-corrected chi connectivity index (χ3v) is 3.82. The Morgan fingerprint density at radius 3 is 2.50 bits per heavy atom. The quantitative estimate of drug-likeness (QED) is 0.591. The molecule has 0 radical (unpaired) electrons. The maximum atomic E-state index is 12.1.